The highest BCUT2D eigenvalue weighted by atomic mass is 35.5. The average molecular weight is 425 g/mol. The van der Waals surface area contributed by atoms with Crippen LogP contribution in [0.5, 0.6) is 0 Å². The Kier molecular flexibility index (Phi) is 4.75. The second kappa shape index (κ2) is 7.45. The number of rotatable bonds is 3. The Balaban J connectivity index is 1.70. The smallest absolute Gasteiger partial charge is 0.261 e. The van der Waals surface area contributed by atoms with Gasteiger partial charge < -0.3 is 5.11 Å². The van der Waals surface area contributed by atoms with Gasteiger partial charge in [0.25, 0.3) is 5.56 Å². The van der Waals surface area contributed by atoms with Gasteiger partial charge in [0.2, 0.25) is 0 Å². The number of aliphatic hydroxyl groups is 1. The summed E-state index contributed by atoms with van der Waals surface area (Å²) in [6, 6.07) is 5.25. The zero-order chi connectivity index (χ0) is 20.8. The van der Waals surface area contributed by atoms with E-state index in [4.69, 9.17) is 11.6 Å². The summed E-state index contributed by atoms with van der Waals surface area (Å²) < 4.78 is 3.24. The van der Waals surface area contributed by atoms with Crippen molar-refractivity contribution in [3.8, 4) is 0 Å². The van der Waals surface area contributed by atoms with Crippen molar-refractivity contribution in [1.29, 1.82) is 0 Å². The molecular formula is C21H21ClN6O2. The van der Waals surface area contributed by atoms with Gasteiger partial charge in [-0.25, -0.2) is 14.6 Å². The van der Waals surface area contributed by atoms with Crippen molar-refractivity contribution < 1.29 is 5.11 Å². The molecule has 8 nitrogen and oxygen atoms in total. The molecule has 0 spiro atoms. The lowest BCUT2D eigenvalue weighted by molar-refractivity contribution is 0.0735. The van der Waals surface area contributed by atoms with Crippen LogP contribution in [0.25, 0.3) is 21.9 Å². The Bertz CT molecular complexity index is 1300. The third-order valence-corrected chi connectivity index (χ3v) is 6.16. The maximum atomic E-state index is 13.4. The second-order valence-corrected chi connectivity index (χ2v) is 8.27. The molecule has 4 aromatic rings. The first kappa shape index (κ1) is 19.1. The van der Waals surface area contributed by atoms with Gasteiger partial charge in [-0.1, -0.05) is 35.7 Å². The number of halogens is 1. The van der Waals surface area contributed by atoms with Gasteiger partial charge in [0.1, 0.15) is 21.7 Å². The van der Waals surface area contributed by atoms with Crippen molar-refractivity contribution in [2.75, 3.05) is 0 Å². The maximum absolute atomic E-state index is 13.4. The van der Waals surface area contributed by atoms with Gasteiger partial charge in [0.05, 0.1) is 23.9 Å². The van der Waals surface area contributed by atoms with Crippen LogP contribution >= 0.6 is 11.6 Å². The molecule has 0 unspecified atom stereocenters. The Morgan fingerprint density at radius 3 is 2.80 bits per heavy atom. The van der Waals surface area contributed by atoms with E-state index in [0.717, 1.165) is 35.9 Å². The van der Waals surface area contributed by atoms with Gasteiger partial charge in [0, 0.05) is 19.7 Å². The minimum atomic E-state index is -0.530. The van der Waals surface area contributed by atoms with Crippen LogP contribution in [-0.4, -0.2) is 40.7 Å². The minimum Gasteiger partial charge on any atom is -0.391 e. The highest BCUT2D eigenvalue weighted by molar-refractivity contribution is 6.29. The van der Waals surface area contributed by atoms with E-state index < -0.39 is 6.10 Å². The van der Waals surface area contributed by atoms with E-state index in [1.807, 2.05) is 12.1 Å². The Morgan fingerprint density at radius 1 is 1.20 bits per heavy atom. The highest BCUT2D eigenvalue weighted by Gasteiger charge is 2.27. The van der Waals surface area contributed by atoms with Crippen molar-refractivity contribution in [2.24, 2.45) is 7.05 Å². The summed E-state index contributed by atoms with van der Waals surface area (Å²) in [5.41, 5.74) is 3.68. The number of hydrogen-bond donors (Lipinski definition) is 1. The summed E-state index contributed by atoms with van der Waals surface area (Å²) in [5, 5.41) is 19.9. The van der Waals surface area contributed by atoms with Crippen LogP contribution in [0.15, 0.2) is 35.5 Å². The number of benzene rings is 1. The summed E-state index contributed by atoms with van der Waals surface area (Å²) in [6.45, 7) is 0. The molecule has 1 aliphatic carbocycles. The monoisotopic (exact) mass is 424 g/mol. The molecule has 0 saturated heterocycles. The number of fused-ring (bicyclic) bond motifs is 3. The normalized spacial score (nSPS) is 19.6. The maximum Gasteiger partial charge on any atom is 0.261 e. The molecule has 2 atom stereocenters. The van der Waals surface area contributed by atoms with Crippen LogP contribution in [-0.2, 0) is 13.5 Å². The van der Waals surface area contributed by atoms with Crippen LogP contribution in [0.3, 0.4) is 0 Å². The van der Waals surface area contributed by atoms with Crippen molar-refractivity contribution >= 4 is 33.5 Å². The zero-order valence-electron chi connectivity index (χ0n) is 16.5. The Hall–Kier alpha value is -2.84. The number of aliphatic hydroxyl groups excluding tert-OH is 1. The topological polar surface area (TPSA) is 98.7 Å². The molecule has 3 aromatic heterocycles. The molecule has 1 fully saturated rings. The largest absolute Gasteiger partial charge is 0.391 e. The predicted octanol–water partition coefficient (Wildman–Crippen LogP) is 2.79. The van der Waals surface area contributed by atoms with Gasteiger partial charge in [-0.05, 0) is 36.1 Å². The van der Waals surface area contributed by atoms with Crippen molar-refractivity contribution in [3.63, 3.8) is 0 Å². The first-order valence-electron chi connectivity index (χ1n) is 10.0. The Morgan fingerprint density at radius 2 is 2.03 bits per heavy atom. The van der Waals surface area contributed by atoms with Gasteiger partial charge in [0.15, 0.2) is 0 Å². The SMILES string of the molecule is Cn1nnc2c(Cc3ccc(Cl)nc3)cc3c(=O)n([C@H]4CCCC[C@@H]4O)cnc3c21. The van der Waals surface area contributed by atoms with E-state index in [1.165, 1.54) is 0 Å². The number of aryl methyl sites for hydroxylation is 1. The zero-order valence-corrected chi connectivity index (χ0v) is 17.2. The second-order valence-electron chi connectivity index (χ2n) is 7.88. The predicted molar refractivity (Wildman–Crippen MR) is 114 cm³/mol. The average Bonchev–Trinajstić information content (AvgIpc) is 3.13. The van der Waals surface area contributed by atoms with Crippen molar-refractivity contribution in [2.45, 2.75) is 44.2 Å². The summed E-state index contributed by atoms with van der Waals surface area (Å²) in [4.78, 5) is 22.2. The highest BCUT2D eigenvalue weighted by Crippen LogP contribution is 2.29. The standard InChI is InChI=1S/C21H21ClN6O2/c1-27-20-18(25-26-27)13(8-12-6-7-17(22)23-10-12)9-14-19(20)24-11-28(21(14)30)15-4-2-3-5-16(15)29/h6-7,9-11,15-16,29H,2-5,8H2,1H3/t15-,16-/m0/s1. The molecule has 9 heteroatoms. The molecule has 0 amide bonds. The quantitative estimate of drug-likeness (QED) is 0.508. The van der Waals surface area contributed by atoms with Crippen LogP contribution in [0.4, 0.5) is 0 Å². The molecule has 5 rings (SSSR count). The summed E-state index contributed by atoms with van der Waals surface area (Å²) in [7, 11) is 1.79. The van der Waals surface area contributed by atoms with E-state index in [-0.39, 0.29) is 11.6 Å². The number of nitrogens with zero attached hydrogens (tertiary/aromatic N) is 6. The molecule has 1 saturated carbocycles. The summed E-state index contributed by atoms with van der Waals surface area (Å²) >= 11 is 5.91. The van der Waals surface area contributed by atoms with Crippen LogP contribution in [0, 0.1) is 0 Å². The van der Waals surface area contributed by atoms with E-state index in [2.05, 4.69) is 20.3 Å². The van der Waals surface area contributed by atoms with E-state index >= 15 is 0 Å². The van der Waals surface area contributed by atoms with Crippen molar-refractivity contribution in [3.05, 3.63) is 57.4 Å². The summed E-state index contributed by atoms with van der Waals surface area (Å²) in [5.74, 6) is 0. The molecule has 30 heavy (non-hydrogen) atoms. The van der Waals surface area contributed by atoms with Crippen molar-refractivity contribution in [1.82, 2.24) is 29.5 Å². The van der Waals surface area contributed by atoms with Gasteiger partial charge in [-0.3, -0.25) is 9.36 Å². The molecule has 0 aliphatic heterocycles. The molecule has 3 heterocycles. The fourth-order valence-corrected chi connectivity index (χ4v) is 4.51. The number of aromatic nitrogens is 6. The van der Waals surface area contributed by atoms with Crippen LogP contribution in [0.2, 0.25) is 5.15 Å². The molecule has 0 bridgehead atoms. The molecule has 0 radical (unpaired) electrons. The van der Waals surface area contributed by atoms with E-state index in [0.29, 0.717) is 34.4 Å². The fourth-order valence-electron chi connectivity index (χ4n) is 4.40. The molecule has 1 aliphatic rings. The lowest BCUT2D eigenvalue weighted by atomic mass is 9.92. The van der Waals surface area contributed by atoms with Crippen LogP contribution < -0.4 is 5.56 Å². The first-order valence-corrected chi connectivity index (χ1v) is 10.4. The molecule has 1 N–H and O–H groups in total. The third-order valence-electron chi connectivity index (χ3n) is 5.94. The van der Waals surface area contributed by atoms with Gasteiger partial charge in [-0.2, -0.15) is 0 Å². The van der Waals surface area contributed by atoms with Crippen LogP contribution in [0.1, 0.15) is 42.9 Å². The van der Waals surface area contributed by atoms with Gasteiger partial charge >= 0.3 is 0 Å². The third kappa shape index (κ3) is 3.16. The van der Waals surface area contributed by atoms with E-state index in [9.17, 15) is 9.90 Å². The first-order chi connectivity index (χ1) is 14.5. The number of pyridine rings is 1. The molecule has 154 valence electrons. The Labute approximate surface area is 177 Å². The molecule has 1 aromatic carbocycles. The molecular weight excluding hydrogens is 404 g/mol. The van der Waals surface area contributed by atoms with E-state index in [1.54, 1.807) is 34.9 Å². The minimum absolute atomic E-state index is 0.149. The number of hydrogen-bond acceptors (Lipinski definition) is 6. The summed E-state index contributed by atoms with van der Waals surface area (Å²) in [6.07, 6.45) is 6.72. The van der Waals surface area contributed by atoms with Gasteiger partial charge in [-0.15, -0.1) is 5.10 Å². The lowest BCUT2D eigenvalue weighted by Crippen LogP contribution is -2.34. The lowest BCUT2D eigenvalue weighted by Gasteiger charge is -2.29. The fraction of sp³-hybridized carbons (Fsp3) is 0.381.